The third-order valence-corrected chi connectivity index (χ3v) is 3.39. The molecule has 5 heteroatoms. The lowest BCUT2D eigenvalue weighted by Crippen LogP contribution is -2.10. The molecule has 0 spiro atoms. The van der Waals surface area contributed by atoms with Gasteiger partial charge in [0.05, 0.1) is 18.6 Å². The lowest BCUT2D eigenvalue weighted by molar-refractivity contribution is 0.416. The number of hydrogen-bond donors (Lipinski definition) is 1. The average Bonchev–Trinajstić information content (AvgIpc) is 2.23. The van der Waals surface area contributed by atoms with E-state index < -0.39 is 9.84 Å². The van der Waals surface area contributed by atoms with Crippen LogP contribution >= 0.6 is 0 Å². The molecule has 1 N–H and O–H groups in total. The number of methoxy groups -OCH3 is 1. The van der Waals surface area contributed by atoms with Gasteiger partial charge in [-0.15, -0.1) is 0 Å². The second-order valence-corrected chi connectivity index (χ2v) is 6.37. The Morgan fingerprint density at radius 3 is 2.65 bits per heavy atom. The van der Waals surface area contributed by atoms with Crippen LogP contribution in [-0.2, 0) is 9.84 Å². The number of ether oxygens (including phenoxy) is 1. The zero-order valence-corrected chi connectivity index (χ0v) is 11.3. The van der Waals surface area contributed by atoms with Crippen molar-refractivity contribution in [2.24, 2.45) is 0 Å². The van der Waals surface area contributed by atoms with Crippen LogP contribution in [0.1, 0.15) is 12.0 Å². The number of anilines is 1. The largest absolute Gasteiger partial charge is 0.495 e. The summed E-state index contributed by atoms with van der Waals surface area (Å²) in [5.74, 6) is 0.976. The van der Waals surface area contributed by atoms with Crippen molar-refractivity contribution in [1.82, 2.24) is 0 Å². The highest BCUT2D eigenvalue weighted by Gasteiger charge is 2.04. The Balaban J connectivity index is 2.54. The van der Waals surface area contributed by atoms with Crippen molar-refractivity contribution < 1.29 is 13.2 Å². The SMILES string of the molecule is COc1ccc(C)cc1NCCCS(C)(=O)=O. The molecule has 0 saturated carbocycles. The summed E-state index contributed by atoms with van der Waals surface area (Å²) in [5, 5.41) is 3.19. The maximum absolute atomic E-state index is 11.0. The summed E-state index contributed by atoms with van der Waals surface area (Å²) in [6.45, 7) is 2.62. The van der Waals surface area contributed by atoms with Crippen LogP contribution < -0.4 is 10.1 Å². The van der Waals surface area contributed by atoms with Crippen LogP contribution in [-0.4, -0.2) is 34.1 Å². The zero-order valence-electron chi connectivity index (χ0n) is 10.5. The lowest BCUT2D eigenvalue weighted by Gasteiger charge is -2.11. The Bertz CT molecular complexity index is 469. The van der Waals surface area contributed by atoms with Gasteiger partial charge >= 0.3 is 0 Å². The smallest absolute Gasteiger partial charge is 0.147 e. The van der Waals surface area contributed by atoms with E-state index in [2.05, 4.69) is 5.32 Å². The first kappa shape index (κ1) is 13.8. The van der Waals surface area contributed by atoms with Crippen molar-refractivity contribution in [2.45, 2.75) is 13.3 Å². The number of hydrogen-bond acceptors (Lipinski definition) is 4. The Hall–Kier alpha value is -1.23. The maximum Gasteiger partial charge on any atom is 0.147 e. The van der Waals surface area contributed by atoms with Crippen molar-refractivity contribution in [2.75, 3.05) is 31.0 Å². The lowest BCUT2D eigenvalue weighted by atomic mass is 10.2. The molecule has 0 radical (unpaired) electrons. The molecule has 0 saturated heterocycles. The third-order valence-electron chi connectivity index (χ3n) is 2.36. The minimum atomic E-state index is -2.87. The third kappa shape index (κ3) is 5.08. The fraction of sp³-hybridized carbons (Fsp3) is 0.500. The topological polar surface area (TPSA) is 55.4 Å². The van der Waals surface area contributed by atoms with E-state index in [9.17, 15) is 8.42 Å². The predicted octanol–water partition coefficient (Wildman–Crippen LogP) is 1.85. The molecule has 0 aliphatic rings. The van der Waals surface area contributed by atoms with Crippen molar-refractivity contribution in [3.05, 3.63) is 23.8 Å². The molecule has 17 heavy (non-hydrogen) atoms. The van der Waals surface area contributed by atoms with Gasteiger partial charge < -0.3 is 10.1 Å². The molecule has 0 aromatic heterocycles. The number of sulfone groups is 1. The molecule has 0 atom stereocenters. The monoisotopic (exact) mass is 257 g/mol. The molecule has 0 amide bonds. The van der Waals surface area contributed by atoms with Crippen molar-refractivity contribution in [1.29, 1.82) is 0 Å². The van der Waals surface area contributed by atoms with Crippen LogP contribution in [0.4, 0.5) is 5.69 Å². The fourth-order valence-electron chi connectivity index (χ4n) is 1.52. The molecule has 0 bridgehead atoms. The standard InChI is InChI=1S/C12H19NO3S/c1-10-5-6-12(16-2)11(9-10)13-7-4-8-17(3,14)15/h5-6,9,13H,4,7-8H2,1-3H3. The Morgan fingerprint density at radius 1 is 1.35 bits per heavy atom. The minimum absolute atomic E-state index is 0.203. The fourth-order valence-corrected chi connectivity index (χ4v) is 2.19. The van der Waals surface area contributed by atoms with E-state index in [4.69, 9.17) is 4.74 Å². The Labute approximate surface area is 103 Å². The molecule has 1 aromatic rings. The van der Waals surface area contributed by atoms with E-state index in [1.54, 1.807) is 7.11 Å². The van der Waals surface area contributed by atoms with E-state index in [-0.39, 0.29) is 5.75 Å². The number of rotatable bonds is 6. The first-order valence-electron chi connectivity index (χ1n) is 5.48. The summed E-state index contributed by atoms with van der Waals surface area (Å²) in [5.41, 5.74) is 2.04. The summed E-state index contributed by atoms with van der Waals surface area (Å²) in [4.78, 5) is 0. The van der Waals surface area contributed by atoms with Gasteiger partial charge in [-0.05, 0) is 31.0 Å². The number of benzene rings is 1. The highest BCUT2D eigenvalue weighted by Crippen LogP contribution is 2.24. The number of nitrogens with one attached hydrogen (secondary N) is 1. The molecule has 4 nitrogen and oxygen atoms in total. The molecule has 1 aromatic carbocycles. The minimum Gasteiger partial charge on any atom is -0.495 e. The molecular weight excluding hydrogens is 238 g/mol. The van der Waals surface area contributed by atoms with Gasteiger partial charge in [-0.3, -0.25) is 0 Å². The van der Waals surface area contributed by atoms with Gasteiger partial charge in [0.1, 0.15) is 15.6 Å². The molecule has 0 aliphatic heterocycles. The van der Waals surface area contributed by atoms with E-state index in [0.717, 1.165) is 17.0 Å². The summed E-state index contributed by atoms with van der Waals surface area (Å²) in [7, 11) is -1.26. The van der Waals surface area contributed by atoms with Crippen LogP contribution in [0.25, 0.3) is 0 Å². The van der Waals surface area contributed by atoms with Crippen molar-refractivity contribution in [3.63, 3.8) is 0 Å². The van der Waals surface area contributed by atoms with Crippen LogP contribution in [0.3, 0.4) is 0 Å². The highest BCUT2D eigenvalue weighted by molar-refractivity contribution is 7.90. The van der Waals surface area contributed by atoms with Gasteiger partial charge in [0.15, 0.2) is 0 Å². The second-order valence-electron chi connectivity index (χ2n) is 4.11. The molecule has 0 fully saturated rings. The van der Waals surface area contributed by atoms with Crippen molar-refractivity contribution in [3.8, 4) is 5.75 Å². The van der Waals surface area contributed by atoms with E-state index in [1.165, 1.54) is 6.26 Å². The van der Waals surface area contributed by atoms with Gasteiger partial charge in [0.25, 0.3) is 0 Å². The van der Waals surface area contributed by atoms with E-state index >= 15 is 0 Å². The molecule has 0 heterocycles. The van der Waals surface area contributed by atoms with Gasteiger partial charge in [0, 0.05) is 12.8 Å². The molecule has 0 unspecified atom stereocenters. The van der Waals surface area contributed by atoms with Gasteiger partial charge in [-0.1, -0.05) is 6.07 Å². The normalized spacial score (nSPS) is 11.2. The summed E-state index contributed by atoms with van der Waals surface area (Å²) < 4.78 is 27.2. The van der Waals surface area contributed by atoms with Crippen LogP contribution in [0, 0.1) is 6.92 Å². The maximum atomic E-state index is 11.0. The molecular formula is C12H19NO3S. The van der Waals surface area contributed by atoms with Crippen LogP contribution in [0.5, 0.6) is 5.75 Å². The van der Waals surface area contributed by atoms with Gasteiger partial charge in [-0.25, -0.2) is 8.42 Å². The molecule has 96 valence electrons. The van der Waals surface area contributed by atoms with Crippen molar-refractivity contribution >= 4 is 15.5 Å². The average molecular weight is 257 g/mol. The molecule has 0 aliphatic carbocycles. The van der Waals surface area contributed by atoms with Crippen LogP contribution in [0.2, 0.25) is 0 Å². The number of aryl methyl sites for hydroxylation is 1. The Kier molecular flexibility index (Phi) is 4.81. The van der Waals surface area contributed by atoms with Gasteiger partial charge in [-0.2, -0.15) is 0 Å². The predicted molar refractivity (Wildman–Crippen MR) is 70.5 cm³/mol. The van der Waals surface area contributed by atoms with E-state index in [0.29, 0.717) is 13.0 Å². The second kappa shape index (κ2) is 5.91. The quantitative estimate of drug-likeness (QED) is 0.790. The summed E-state index contributed by atoms with van der Waals surface area (Å²) >= 11 is 0. The van der Waals surface area contributed by atoms with E-state index in [1.807, 2.05) is 25.1 Å². The summed E-state index contributed by atoms with van der Waals surface area (Å²) in [6.07, 6.45) is 1.84. The highest BCUT2D eigenvalue weighted by atomic mass is 32.2. The first-order valence-corrected chi connectivity index (χ1v) is 7.54. The Morgan fingerprint density at radius 2 is 2.06 bits per heavy atom. The molecule has 1 rings (SSSR count). The first-order chi connectivity index (χ1) is 7.92. The van der Waals surface area contributed by atoms with Gasteiger partial charge in [0.2, 0.25) is 0 Å². The summed E-state index contributed by atoms with van der Waals surface area (Å²) in [6, 6.07) is 5.86. The zero-order chi connectivity index (χ0) is 12.9. The van der Waals surface area contributed by atoms with Crippen LogP contribution in [0.15, 0.2) is 18.2 Å².